The number of halogens is 1. The molecule has 0 fully saturated rings. The Morgan fingerprint density at radius 3 is 2.48 bits per heavy atom. The van der Waals surface area contributed by atoms with Crippen LogP contribution in [0.1, 0.15) is 31.4 Å². The maximum atomic E-state index is 13.0. The van der Waals surface area contributed by atoms with Crippen molar-refractivity contribution in [3.05, 3.63) is 91.8 Å². The van der Waals surface area contributed by atoms with Gasteiger partial charge in [-0.3, -0.25) is 14.4 Å². The van der Waals surface area contributed by atoms with Gasteiger partial charge in [-0.2, -0.15) is 14.6 Å². The van der Waals surface area contributed by atoms with Crippen LogP contribution in [0.15, 0.2) is 59.4 Å². The molecule has 4 rings (SSSR count). The third-order valence-corrected chi connectivity index (χ3v) is 5.66. The standard InChI is InChI=1S/C21H16ClN5O3S/c1-12-18(28)25-21-27(26-12)16(19(29)23-11-13-5-3-2-4-6-13)17(31-21)20(30)24-15-9-7-14(22)8-10-15/h2-10H,11H2,1H3,(H,23,29)(H,24,30). The van der Waals surface area contributed by atoms with Gasteiger partial charge in [0.05, 0.1) is 0 Å². The van der Waals surface area contributed by atoms with Crippen molar-refractivity contribution in [2.24, 2.45) is 0 Å². The van der Waals surface area contributed by atoms with Crippen molar-refractivity contribution in [2.75, 3.05) is 5.32 Å². The molecule has 31 heavy (non-hydrogen) atoms. The number of hydrogen-bond acceptors (Lipinski definition) is 6. The fourth-order valence-corrected chi connectivity index (χ4v) is 3.91. The first-order valence-electron chi connectivity index (χ1n) is 9.22. The molecule has 2 N–H and O–H groups in total. The van der Waals surface area contributed by atoms with Crippen molar-refractivity contribution in [2.45, 2.75) is 13.5 Å². The molecule has 0 radical (unpaired) electrons. The summed E-state index contributed by atoms with van der Waals surface area (Å²) in [5, 5.41) is 10.2. The molecule has 0 unspecified atom stereocenters. The van der Waals surface area contributed by atoms with Crippen molar-refractivity contribution in [3.8, 4) is 0 Å². The van der Waals surface area contributed by atoms with E-state index in [1.807, 2.05) is 30.3 Å². The summed E-state index contributed by atoms with van der Waals surface area (Å²) < 4.78 is 1.23. The van der Waals surface area contributed by atoms with Crippen LogP contribution in [0, 0.1) is 6.92 Å². The lowest BCUT2D eigenvalue weighted by Gasteiger charge is -2.08. The summed E-state index contributed by atoms with van der Waals surface area (Å²) in [6.07, 6.45) is 0. The van der Waals surface area contributed by atoms with E-state index in [0.29, 0.717) is 10.7 Å². The van der Waals surface area contributed by atoms with E-state index in [0.717, 1.165) is 16.9 Å². The second kappa shape index (κ2) is 8.66. The van der Waals surface area contributed by atoms with Gasteiger partial charge < -0.3 is 10.6 Å². The predicted octanol–water partition coefficient (Wildman–Crippen LogP) is 3.30. The Hall–Kier alpha value is -3.56. The lowest BCUT2D eigenvalue weighted by Crippen LogP contribution is -2.28. The van der Waals surface area contributed by atoms with Crippen LogP contribution in [-0.2, 0) is 6.54 Å². The Bertz CT molecular complexity index is 1330. The average molecular weight is 454 g/mol. The molecule has 0 spiro atoms. The summed E-state index contributed by atoms with van der Waals surface area (Å²) >= 11 is 6.81. The van der Waals surface area contributed by atoms with Crippen LogP contribution in [0.5, 0.6) is 0 Å². The molecule has 0 saturated heterocycles. The second-order valence-corrected chi connectivity index (χ2v) is 8.02. The Kier molecular flexibility index (Phi) is 5.79. The van der Waals surface area contributed by atoms with Gasteiger partial charge >= 0.3 is 0 Å². The lowest BCUT2D eigenvalue weighted by molar-refractivity contribution is 0.0932. The number of fused-ring (bicyclic) bond motifs is 1. The summed E-state index contributed by atoms with van der Waals surface area (Å²) in [5.41, 5.74) is 1.03. The first-order valence-corrected chi connectivity index (χ1v) is 10.4. The van der Waals surface area contributed by atoms with Gasteiger partial charge in [-0.1, -0.05) is 53.3 Å². The van der Waals surface area contributed by atoms with Gasteiger partial charge in [-0.05, 0) is 36.8 Å². The minimum absolute atomic E-state index is 0.0120. The van der Waals surface area contributed by atoms with E-state index < -0.39 is 17.4 Å². The van der Waals surface area contributed by atoms with E-state index in [-0.39, 0.29) is 27.8 Å². The SMILES string of the molecule is Cc1nn2c(C(=O)NCc3ccccc3)c(C(=O)Nc3ccc(Cl)cc3)sc2nc1=O. The largest absolute Gasteiger partial charge is 0.347 e. The van der Waals surface area contributed by atoms with Crippen LogP contribution in [0.3, 0.4) is 0 Å². The third-order valence-electron chi connectivity index (χ3n) is 4.38. The molecule has 8 nitrogen and oxygen atoms in total. The van der Waals surface area contributed by atoms with Crippen molar-refractivity contribution in [1.29, 1.82) is 0 Å². The molecule has 2 aromatic heterocycles. The van der Waals surface area contributed by atoms with E-state index in [4.69, 9.17) is 11.6 Å². The Morgan fingerprint density at radius 1 is 1.06 bits per heavy atom. The highest BCUT2D eigenvalue weighted by Gasteiger charge is 2.26. The van der Waals surface area contributed by atoms with E-state index in [2.05, 4.69) is 20.7 Å². The fourth-order valence-electron chi connectivity index (χ4n) is 2.83. The van der Waals surface area contributed by atoms with Gasteiger partial charge in [-0.25, -0.2) is 0 Å². The van der Waals surface area contributed by atoms with E-state index in [1.54, 1.807) is 24.3 Å². The van der Waals surface area contributed by atoms with Crippen LogP contribution >= 0.6 is 22.9 Å². The molecule has 4 aromatic rings. The molecule has 10 heteroatoms. The molecular formula is C21H16ClN5O3S. The molecule has 0 aliphatic rings. The molecule has 0 aliphatic heterocycles. The summed E-state index contributed by atoms with van der Waals surface area (Å²) in [6.45, 7) is 1.76. The number of anilines is 1. The topological polar surface area (TPSA) is 105 Å². The van der Waals surface area contributed by atoms with Gasteiger partial charge in [0, 0.05) is 17.3 Å². The lowest BCUT2D eigenvalue weighted by atomic mass is 10.2. The first-order chi connectivity index (χ1) is 14.9. The maximum Gasteiger partial charge on any atom is 0.295 e. The molecule has 0 aliphatic carbocycles. The number of hydrogen-bond donors (Lipinski definition) is 2. The smallest absolute Gasteiger partial charge is 0.295 e. The number of thiazole rings is 1. The van der Waals surface area contributed by atoms with Crippen molar-refractivity contribution >= 4 is 45.4 Å². The number of nitrogens with one attached hydrogen (secondary N) is 2. The summed E-state index contributed by atoms with van der Waals surface area (Å²) in [7, 11) is 0. The van der Waals surface area contributed by atoms with Crippen molar-refractivity contribution in [1.82, 2.24) is 19.9 Å². The fraction of sp³-hybridized carbons (Fsp3) is 0.0952. The number of rotatable bonds is 5. The highest BCUT2D eigenvalue weighted by atomic mass is 35.5. The van der Waals surface area contributed by atoms with Crippen LogP contribution in [0.4, 0.5) is 5.69 Å². The number of nitrogens with zero attached hydrogens (tertiary/aromatic N) is 3. The molecule has 2 aromatic carbocycles. The molecule has 2 amide bonds. The monoisotopic (exact) mass is 453 g/mol. The van der Waals surface area contributed by atoms with Gasteiger partial charge in [0.2, 0.25) is 4.96 Å². The van der Waals surface area contributed by atoms with Gasteiger partial charge in [0.25, 0.3) is 17.4 Å². The molecule has 0 saturated carbocycles. The zero-order chi connectivity index (χ0) is 22.0. The zero-order valence-electron chi connectivity index (χ0n) is 16.3. The van der Waals surface area contributed by atoms with Crippen LogP contribution < -0.4 is 16.2 Å². The summed E-state index contributed by atoms with van der Waals surface area (Å²) in [5.74, 6) is -1.02. The molecule has 2 heterocycles. The summed E-state index contributed by atoms with van der Waals surface area (Å²) in [6, 6.07) is 15.9. The Labute approximate surface area is 185 Å². The minimum Gasteiger partial charge on any atom is -0.347 e. The number of amides is 2. The van der Waals surface area contributed by atoms with Crippen molar-refractivity contribution < 1.29 is 9.59 Å². The van der Waals surface area contributed by atoms with Crippen LogP contribution in [0.25, 0.3) is 4.96 Å². The van der Waals surface area contributed by atoms with Gasteiger partial charge in [0.1, 0.15) is 10.6 Å². The predicted molar refractivity (Wildman–Crippen MR) is 119 cm³/mol. The quantitative estimate of drug-likeness (QED) is 0.482. The zero-order valence-corrected chi connectivity index (χ0v) is 17.8. The summed E-state index contributed by atoms with van der Waals surface area (Å²) in [4.78, 5) is 42.1. The highest BCUT2D eigenvalue weighted by Crippen LogP contribution is 2.23. The average Bonchev–Trinajstić information content (AvgIpc) is 3.13. The highest BCUT2D eigenvalue weighted by molar-refractivity contribution is 7.19. The van der Waals surface area contributed by atoms with Crippen LogP contribution in [0.2, 0.25) is 5.02 Å². The minimum atomic E-state index is -0.519. The van der Waals surface area contributed by atoms with Crippen LogP contribution in [-0.4, -0.2) is 26.4 Å². The van der Waals surface area contributed by atoms with E-state index >= 15 is 0 Å². The van der Waals surface area contributed by atoms with E-state index in [9.17, 15) is 14.4 Å². The van der Waals surface area contributed by atoms with E-state index in [1.165, 1.54) is 11.4 Å². The number of benzene rings is 2. The first kappa shape index (κ1) is 20.7. The third kappa shape index (κ3) is 4.47. The second-order valence-electron chi connectivity index (χ2n) is 6.61. The number of aryl methyl sites for hydroxylation is 1. The van der Waals surface area contributed by atoms with Gasteiger partial charge in [0.15, 0.2) is 5.69 Å². The molecular weight excluding hydrogens is 438 g/mol. The molecule has 156 valence electrons. The Balaban J connectivity index is 1.71. The maximum absolute atomic E-state index is 13.0. The number of carbonyl (C=O) groups excluding carboxylic acids is 2. The Morgan fingerprint density at radius 2 is 1.77 bits per heavy atom. The molecule has 0 atom stereocenters. The van der Waals surface area contributed by atoms with Crippen molar-refractivity contribution in [3.63, 3.8) is 0 Å². The number of aromatic nitrogens is 3. The normalized spacial score (nSPS) is 10.8. The molecule has 0 bridgehead atoms. The number of carbonyl (C=O) groups is 2. The van der Waals surface area contributed by atoms with Gasteiger partial charge in [-0.15, -0.1) is 0 Å².